The van der Waals surface area contributed by atoms with Gasteiger partial charge < -0.3 is 10.6 Å². The molecule has 1 heterocycles. The third-order valence-electron chi connectivity index (χ3n) is 3.87. The minimum atomic E-state index is 0.533. The van der Waals surface area contributed by atoms with Gasteiger partial charge in [-0.3, -0.25) is 4.68 Å². The van der Waals surface area contributed by atoms with Crippen molar-refractivity contribution < 1.29 is 0 Å². The highest BCUT2D eigenvalue weighted by molar-refractivity contribution is 7.80. The van der Waals surface area contributed by atoms with Gasteiger partial charge in [0.15, 0.2) is 10.9 Å². The van der Waals surface area contributed by atoms with Crippen LogP contribution >= 0.6 is 12.2 Å². The predicted octanol–water partition coefficient (Wildman–Crippen LogP) is 4.36. The molecule has 2 aromatic carbocycles. The lowest BCUT2D eigenvalue weighted by Gasteiger charge is -2.10. The molecule has 0 saturated carbocycles. The van der Waals surface area contributed by atoms with Crippen LogP contribution in [0.4, 0.5) is 11.5 Å². The third-order valence-corrected chi connectivity index (χ3v) is 4.07. The van der Waals surface area contributed by atoms with Crippen LogP contribution in [0.25, 0.3) is 0 Å². The Bertz CT molecular complexity index is 854. The highest BCUT2D eigenvalue weighted by Gasteiger charge is 2.05. The van der Waals surface area contributed by atoms with Crippen molar-refractivity contribution in [1.29, 1.82) is 0 Å². The number of anilines is 2. The minimum absolute atomic E-state index is 0.533. The SMILES string of the molecule is Cc1ccccc1Cn1ccc(NC(=S)Nc2ccccc2C)n1. The molecule has 1 aromatic heterocycles. The first-order valence-corrected chi connectivity index (χ1v) is 8.24. The van der Waals surface area contributed by atoms with E-state index in [0.29, 0.717) is 5.11 Å². The minimum Gasteiger partial charge on any atom is -0.332 e. The molecule has 0 atom stereocenters. The number of aromatic nitrogens is 2. The average Bonchev–Trinajstić information content (AvgIpc) is 2.99. The summed E-state index contributed by atoms with van der Waals surface area (Å²) in [5, 5.41) is 11.4. The molecule has 0 aliphatic carbocycles. The van der Waals surface area contributed by atoms with Crippen molar-refractivity contribution in [3.8, 4) is 0 Å². The number of hydrogen-bond donors (Lipinski definition) is 2. The number of aryl methyl sites for hydroxylation is 2. The number of thiocarbonyl (C=S) groups is 1. The van der Waals surface area contributed by atoms with Crippen molar-refractivity contribution in [3.05, 3.63) is 77.5 Å². The first kappa shape index (κ1) is 16.2. The van der Waals surface area contributed by atoms with Crippen molar-refractivity contribution in [2.75, 3.05) is 10.6 Å². The Kier molecular flexibility index (Phi) is 4.91. The van der Waals surface area contributed by atoms with E-state index >= 15 is 0 Å². The fraction of sp³-hybridized carbons (Fsp3) is 0.158. The second kappa shape index (κ2) is 7.27. The zero-order valence-corrected chi connectivity index (χ0v) is 14.6. The van der Waals surface area contributed by atoms with Gasteiger partial charge >= 0.3 is 0 Å². The van der Waals surface area contributed by atoms with Crippen LogP contribution in [0.3, 0.4) is 0 Å². The second-order valence-electron chi connectivity index (χ2n) is 5.72. The quantitative estimate of drug-likeness (QED) is 0.695. The molecular weight excluding hydrogens is 316 g/mol. The van der Waals surface area contributed by atoms with E-state index < -0.39 is 0 Å². The standard InChI is InChI=1S/C19H20N4S/c1-14-7-3-5-9-16(14)13-23-12-11-18(22-23)21-19(24)20-17-10-6-4-8-15(17)2/h3-12H,13H2,1-2H3,(H2,20,21,22,24). The summed E-state index contributed by atoms with van der Waals surface area (Å²) in [6, 6.07) is 18.3. The molecule has 0 aliphatic rings. The van der Waals surface area contributed by atoms with Gasteiger partial charge in [-0.15, -0.1) is 0 Å². The largest absolute Gasteiger partial charge is 0.332 e. The number of nitrogens with zero attached hydrogens (tertiary/aromatic N) is 2. The van der Waals surface area contributed by atoms with Gasteiger partial charge in [0.2, 0.25) is 0 Å². The molecule has 0 aliphatic heterocycles. The van der Waals surface area contributed by atoms with Crippen LogP contribution in [-0.2, 0) is 6.54 Å². The maximum Gasteiger partial charge on any atom is 0.176 e. The number of nitrogens with one attached hydrogen (secondary N) is 2. The van der Waals surface area contributed by atoms with E-state index in [1.54, 1.807) is 0 Å². The van der Waals surface area contributed by atoms with Gasteiger partial charge in [-0.1, -0.05) is 42.5 Å². The highest BCUT2D eigenvalue weighted by Crippen LogP contribution is 2.14. The Labute approximate surface area is 147 Å². The molecule has 0 amide bonds. The summed E-state index contributed by atoms with van der Waals surface area (Å²) in [7, 11) is 0. The van der Waals surface area contributed by atoms with Gasteiger partial charge in [0, 0.05) is 18.0 Å². The van der Waals surface area contributed by atoms with Crippen LogP contribution < -0.4 is 10.6 Å². The van der Waals surface area contributed by atoms with Gasteiger partial charge in [-0.25, -0.2) is 0 Å². The van der Waals surface area contributed by atoms with E-state index in [9.17, 15) is 0 Å². The van der Waals surface area contributed by atoms with Crippen LogP contribution in [0, 0.1) is 13.8 Å². The average molecular weight is 336 g/mol. The van der Waals surface area contributed by atoms with Gasteiger partial charge in [-0.2, -0.15) is 5.10 Å². The Morgan fingerprint density at radius 3 is 2.42 bits per heavy atom. The molecular formula is C19H20N4S. The number of rotatable bonds is 4. The Balaban J connectivity index is 1.63. The molecule has 0 spiro atoms. The number of benzene rings is 2. The van der Waals surface area contributed by atoms with Crippen LogP contribution in [0.15, 0.2) is 60.8 Å². The molecule has 122 valence electrons. The van der Waals surface area contributed by atoms with E-state index in [-0.39, 0.29) is 0 Å². The second-order valence-corrected chi connectivity index (χ2v) is 6.13. The van der Waals surface area contributed by atoms with Crippen molar-refractivity contribution in [2.24, 2.45) is 0 Å². The Morgan fingerprint density at radius 2 is 1.67 bits per heavy atom. The summed E-state index contributed by atoms with van der Waals surface area (Å²) >= 11 is 5.37. The molecule has 0 saturated heterocycles. The summed E-state index contributed by atoms with van der Waals surface area (Å²) in [5.74, 6) is 0.731. The van der Waals surface area contributed by atoms with E-state index in [1.165, 1.54) is 11.1 Å². The van der Waals surface area contributed by atoms with Gasteiger partial charge in [0.1, 0.15) is 0 Å². The Hall–Kier alpha value is -2.66. The van der Waals surface area contributed by atoms with Crippen LogP contribution in [0.5, 0.6) is 0 Å². The third kappa shape index (κ3) is 4.00. The van der Waals surface area contributed by atoms with Crippen molar-refractivity contribution >= 4 is 28.8 Å². The van der Waals surface area contributed by atoms with Crippen molar-refractivity contribution in [3.63, 3.8) is 0 Å². The Morgan fingerprint density at radius 1 is 0.958 bits per heavy atom. The van der Waals surface area contributed by atoms with Gasteiger partial charge in [0.05, 0.1) is 6.54 Å². The maximum atomic E-state index is 5.37. The molecule has 5 heteroatoms. The zero-order valence-electron chi connectivity index (χ0n) is 13.8. The predicted molar refractivity (Wildman–Crippen MR) is 104 cm³/mol. The van der Waals surface area contributed by atoms with Crippen molar-refractivity contribution in [2.45, 2.75) is 20.4 Å². The topological polar surface area (TPSA) is 41.9 Å². The monoisotopic (exact) mass is 336 g/mol. The normalized spacial score (nSPS) is 10.4. The molecule has 3 aromatic rings. The molecule has 0 unspecified atom stereocenters. The van der Waals surface area contributed by atoms with Crippen LogP contribution in [0.2, 0.25) is 0 Å². The van der Waals surface area contributed by atoms with Gasteiger partial charge in [0.25, 0.3) is 0 Å². The van der Waals surface area contributed by atoms with Crippen molar-refractivity contribution in [1.82, 2.24) is 9.78 Å². The fourth-order valence-electron chi connectivity index (χ4n) is 2.46. The van der Waals surface area contributed by atoms with E-state index in [0.717, 1.165) is 23.6 Å². The van der Waals surface area contributed by atoms with E-state index in [4.69, 9.17) is 12.2 Å². The summed E-state index contributed by atoms with van der Waals surface area (Å²) < 4.78 is 1.90. The van der Waals surface area contributed by atoms with Gasteiger partial charge in [-0.05, 0) is 48.8 Å². The summed E-state index contributed by atoms with van der Waals surface area (Å²) in [6.07, 6.45) is 1.95. The maximum absolute atomic E-state index is 5.37. The first-order chi connectivity index (χ1) is 11.6. The molecule has 0 radical (unpaired) electrons. The fourth-order valence-corrected chi connectivity index (χ4v) is 2.68. The van der Waals surface area contributed by atoms with E-state index in [2.05, 4.69) is 34.8 Å². The van der Waals surface area contributed by atoms with Crippen LogP contribution in [0.1, 0.15) is 16.7 Å². The summed E-state index contributed by atoms with van der Waals surface area (Å²) in [5.41, 5.74) is 4.66. The smallest absolute Gasteiger partial charge is 0.176 e. The molecule has 0 fully saturated rings. The van der Waals surface area contributed by atoms with E-state index in [1.807, 2.05) is 60.3 Å². The molecule has 2 N–H and O–H groups in total. The lowest BCUT2D eigenvalue weighted by Crippen LogP contribution is -2.20. The van der Waals surface area contributed by atoms with Crippen LogP contribution in [-0.4, -0.2) is 14.9 Å². The first-order valence-electron chi connectivity index (χ1n) is 7.83. The highest BCUT2D eigenvalue weighted by atomic mass is 32.1. The summed E-state index contributed by atoms with van der Waals surface area (Å²) in [6.45, 7) is 4.90. The zero-order chi connectivity index (χ0) is 16.9. The summed E-state index contributed by atoms with van der Waals surface area (Å²) in [4.78, 5) is 0. The number of hydrogen-bond acceptors (Lipinski definition) is 2. The molecule has 4 nitrogen and oxygen atoms in total. The lowest BCUT2D eigenvalue weighted by molar-refractivity contribution is 0.687. The number of para-hydroxylation sites is 1. The molecule has 0 bridgehead atoms. The molecule has 24 heavy (non-hydrogen) atoms. The lowest BCUT2D eigenvalue weighted by atomic mass is 10.1. The molecule has 3 rings (SSSR count).